The predicted molar refractivity (Wildman–Crippen MR) is 90.7 cm³/mol. The molecule has 7 nitrogen and oxygen atoms in total. The lowest BCUT2D eigenvalue weighted by atomic mass is 9.94. The van der Waals surface area contributed by atoms with Crippen molar-refractivity contribution in [1.82, 2.24) is 25.0 Å². The summed E-state index contributed by atoms with van der Waals surface area (Å²) in [5, 5.41) is 21.3. The molecule has 0 aromatic carbocycles. The van der Waals surface area contributed by atoms with Crippen molar-refractivity contribution in [2.24, 2.45) is 5.92 Å². The summed E-state index contributed by atoms with van der Waals surface area (Å²) < 4.78 is 2.23. The number of rotatable bonds is 4. The van der Waals surface area contributed by atoms with Crippen LogP contribution in [0.2, 0.25) is 0 Å². The average Bonchev–Trinajstić information content (AvgIpc) is 2.81. The Kier molecular flexibility index (Phi) is 5.71. The molecule has 0 bridgehead atoms. The highest BCUT2D eigenvalue weighted by atomic mass is 16.3. The largest absolute Gasteiger partial charge is 0.393 e. The lowest BCUT2D eigenvalue weighted by molar-refractivity contribution is 0.0740. The van der Waals surface area contributed by atoms with Gasteiger partial charge in [-0.3, -0.25) is 0 Å². The van der Waals surface area contributed by atoms with Crippen molar-refractivity contribution >= 4 is 6.03 Å². The Bertz CT molecular complexity index is 557. The number of carbonyl (C=O) groups is 1. The lowest BCUT2D eigenvalue weighted by Crippen LogP contribution is -2.47. The molecule has 2 aliphatic heterocycles. The van der Waals surface area contributed by atoms with E-state index in [1.165, 1.54) is 19.3 Å². The first kappa shape index (κ1) is 17.2. The van der Waals surface area contributed by atoms with Crippen molar-refractivity contribution < 1.29 is 9.90 Å². The van der Waals surface area contributed by atoms with Gasteiger partial charge < -0.3 is 19.9 Å². The molecule has 0 aliphatic carbocycles. The molecule has 7 heteroatoms. The van der Waals surface area contributed by atoms with Crippen LogP contribution < -0.4 is 5.32 Å². The number of urea groups is 1. The number of piperidine rings is 1. The third kappa shape index (κ3) is 4.06. The maximum absolute atomic E-state index is 12.3. The molecule has 3 rings (SSSR count). The second-order valence-electron chi connectivity index (χ2n) is 7.07. The highest BCUT2D eigenvalue weighted by molar-refractivity contribution is 5.74. The van der Waals surface area contributed by atoms with E-state index in [0.29, 0.717) is 19.5 Å². The summed E-state index contributed by atoms with van der Waals surface area (Å²) in [5.74, 6) is 2.26. The number of nitrogens with zero attached hydrogens (tertiary/aromatic N) is 4. The number of amides is 2. The number of fused-ring (bicyclic) bond motifs is 1. The minimum Gasteiger partial charge on any atom is -0.393 e. The fourth-order valence-corrected chi connectivity index (χ4v) is 3.71. The fraction of sp³-hybridized carbons (Fsp3) is 0.824. The molecule has 134 valence electrons. The van der Waals surface area contributed by atoms with Gasteiger partial charge in [0.05, 0.1) is 6.10 Å². The molecule has 0 radical (unpaired) electrons. The van der Waals surface area contributed by atoms with Crippen molar-refractivity contribution in [3.8, 4) is 0 Å². The van der Waals surface area contributed by atoms with E-state index in [-0.39, 0.29) is 18.1 Å². The average molecular weight is 335 g/mol. The maximum atomic E-state index is 12.3. The second-order valence-corrected chi connectivity index (χ2v) is 7.07. The van der Waals surface area contributed by atoms with Crippen LogP contribution in [0.15, 0.2) is 0 Å². The number of likely N-dealkylation sites (tertiary alicyclic amines) is 1. The quantitative estimate of drug-likeness (QED) is 0.870. The number of nitrogens with one attached hydrogen (secondary N) is 1. The summed E-state index contributed by atoms with van der Waals surface area (Å²) in [6, 6.07) is -0.0315. The number of aromatic nitrogens is 3. The van der Waals surface area contributed by atoms with E-state index in [9.17, 15) is 9.90 Å². The van der Waals surface area contributed by atoms with Gasteiger partial charge in [-0.05, 0) is 32.6 Å². The summed E-state index contributed by atoms with van der Waals surface area (Å²) >= 11 is 0. The first-order valence-electron chi connectivity index (χ1n) is 9.27. The number of aryl methyl sites for hydroxylation is 1. The lowest BCUT2D eigenvalue weighted by Gasteiger charge is -2.34. The Morgan fingerprint density at radius 3 is 3.00 bits per heavy atom. The van der Waals surface area contributed by atoms with Crippen molar-refractivity contribution in [3.05, 3.63) is 11.6 Å². The van der Waals surface area contributed by atoms with Crippen LogP contribution in [0.4, 0.5) is 4.79 Å². The number of hydrogen-bond acceptors (Lipinski definition) is 4. The monoisotopic (exact) mass is 335 g/mol. The summed E-state index contributed by atoms with van der Waals surface area (Å²) in [5.41, 5.74) is 0. The van der Waals surface area contributed by atoms with Crippen molar-refractivity contribution in [2.75, 3.05) is 19.6 Å². The van der Waals surface area contributed by atoms with Crippen LogP contribution in [-0.4, -0.2) is 56.5 Å². The van der Waals surface area contributed by atoms with Crippen molar-refractivity contribution in [2.45, 2.75) is 64.5 Å². The normalized spacial score (nSPS) is 22.6. The number of hydrogen-bond donors (Lipinski definition) is 2. The van der Waals surface area contributed by atoms with Gasteiger partial charge in [0.15, 0.2) is 0 Å². The first-order chi connectivity index (χ1) is 11.6. The van der Waals surface area contributed by atoms with Crippen LogP contribution in [0, 0.1) is 5.92 Å². The van der Waals surface area contributed by atoms with Gasteiger partial charge in [-0.2, -0.15) is 0 Å². The van der Waals surface area contributed by atoms with Gasteiger partial charge in [-0.25, -0.2) is 4.79 Å². The smallest absolute Gasteiger partial charge is 0.317 e. The highest BCUT2D eigenvalue weighted by Crippen LogP contribution is 2.19. The molecule has 0 saturated carbocycles. The molecule has 2 atom stereocenters. The van der Waals surface area contributed by atoms with E-state index in [4.69, 9.17) is 0 Å². The fourth-order valence-electron chi connectivity index (χ4n) is 3.71. The van der Waals surface area contributed by atoms with Gasteiger partial charge >= 0.3 is 6.03 Å². The van der Waals surface area contributed by atoms with Crippen molar-refractivity contribution in [3.63, 3.8) is 0 Å². The molecular formula is C17H29N5O2. The summed E-state index contributed by atoms with van der Waals surface area (Å²) in [6.45, 7) is 4.79. The third-order valence-electron chi connectivity index (χ3n) is 5.24. The van der Waals surface area contributed by atoms with Gasteiger partial charge in [0.25, 0.3) is 0 Å². The van der Waals surface area contributed by atoms with E-state index >= 15 is 0 Å². The third-order valence-corrected chi connectivity index (χ3v) is 5.24. The Hall–Kier alpha value is -1.63. The highest BCUT2D eigenvalue weighted by Gasteiger charge is 2.26. The minimum absolute atomic E-state index is 0.0315. The van der Waals surface area contributed by atoms with Gasteiger partial charge in [-0.1, -0.05) is 6.42 Å². The number of aliphatic hydroxyl groups excluding tert-OH is 1. The molecule has 2 amide bonds. The number of carbonyl (C=O) groups excluding carboxylic acids is 1. The molecule has 1 fully saturated rings. The molecule has 0 spiro atoms. The topological polar surface area (TPSA) is 83.3 Å². The summed E-state index contributed by atoms with van der Waals surface area (Å²) in [7, 11) is 0. The Balaban J connectivity index is 1.48. The second kappa shape index (κ2) is 7.96. The van der Waals surface area contributed by atoms with Crippen molar-refractivity contribution in [1.29, 1.82) is 0 Å². The minimum atomic E-state index is -0.355. The summed E-state index contributed by atoms with van der Waals surface area (Å²) in [6.07, 6.45) is 6.94. The zero-order valence-corrected chi connectivity index (χ0v) is 14.6. The van der Waals surface area contributed by atoms with E-state index in [1.807, 2.05) is 11.8 Å². The van der Waals surface area contributed by atoms with Crippen LogP contribution in [0.5, 0.6) is 0 Å². The van der Waals surface area contributed by atoms with Gasteiger partial charge in [0.2, 0.25) is 0 Å². The zero-order valence-electron chi connectivity index (χ0n) is 14.6. The van der Waals surface area contributed by atoms with Crippen LogP contribution in [0.1, 0.15) is 50.7 Å². The molecule has 3 heterocycles. The molecule has 1 aromatic rings. The van der Waals surface area contributed by atoms with Crippen LogP contribution in [0.25, 0.3) is 0 Å². The molecular weight excluding hydrogens is 306 g/mol. The molecule has 2 aliphatic rings. The zero-order chi connectivity index (χ0) is 16.9. The van der Waals surface area contributed by atoms with E-state index < -0.39 is 0 Å². The van der Waals surface area contributed by atoms with Crippen LogP contribution in [0.3, 0.4) is 0 Å². The molecule has 1 aromatic heterocycles. The predicted octanol–water partition coefficient (Wildman–Crippen LogP) is 1.35. The van der Waals surface area contributed by atoms with Gasteiger partial charge in [0, 0.05) is 44.9 Å². The first-order valence-corrected chi connectivity index (χ1v) is 9.27. The Labute approximate surface area is 143 Å². The Morgan fingerprint density at radius 1 is 1.29 bits per heavy atom. The number of aliphatic hydroxyl groups is 1. The molecule has 2 unspecified atom stereocenters. The van der Waals surface area contributed by atoms with Crippen LogP contribution in [-0.2, 0) is 19.4 Å². The maximum Gasteiger partial charge on any atom is 0.317 e. The molecule has 24 heavy (non-hydrogen) atoms. The SMILES string of the molecule is CC(O)C1CCCN(C(=O)NCCc2nnc3n2CCCCC3)C1. The Morgan fingerprint density at radius 2 is 2.17 bits per heavy atom. The van der Waals surface area contributed by atoms with Crippen LogP contribution >= 0.6 is 0 Å². The molecule has 2 N–H and O–H groups in total. The van der Waals surface area contributed by atoms with E-state index in [2.05, 4.69) is 20.1 Å². The standard InChI is InChI=1S/C17H29N5O2/c1-13(23)14-6-5-10-21(12-14)17(24)18-9-8-16-20-19-15-7-3-2-4-11-22(15)16/h13-14,23H,2-12H2,1H3,(H,18,24). The van der Waals surface area contributed by atoms with E-state index in [1.54, 1.807) is 0 Å². The van der Waals surface area contributed by atoms with Gasteiger partial charge in [0.1, 0.15) is 11.6 Å². The van der Waals surface area contributed by atoms with E-state index in [0.717, 1.165) is 44.0 Å². The van der Waals surface area contributed by atoms with Gasteiger partial charge in [-0.15, -0.1) is 10.2 Å². The summed E-state index contributed by atoms with van der Waals surface area (Å²) in [4.78, 5) is 14.2. The molecule has 1 saturated heterocycles.